The van der Waals surface area contributed by atoms with Crippen LogP contribution >= 0.6 is 0 Å². The van der Waals surface area contributed by atoms with Crippen molar-refractivity contribution in [1.29, 1.82) is 0 Å². The minimum absolute atomic E-state index is 0.0984. The molecule has 0 aliphatic carbocycles. The van der Waals surface area contributed by atoms with Crippen LogP contribution in [0.5, 0.6) is 5.75 Å². The van der Waals surface area contributed by atoms with Gasteiger partial charge in [0.1, 0.15) is 11.6 Å². The average Bonchev–Trinajstić information content (AvgIpc) is 3.00. The van der Waals surface area contributed by atoms with Crippen LogP contribution in [-0.4, -0.2) is 55.7 Å². The average molecular weight is 390 g/mol. The van der Waals surface area contributed by atoms with Crippen LogP contribution in [0.3, 0.4) is 0 Å². The summed E-state index contributed by atoms with van der Waals surface area (Å²) in [6.45, 7) is 0.466. The third kappa shape index (κ3) is 5.40. The summed E-state index contributed by atoms with van der Waals surface area (Å²) in [7, 11) is -1.34. The quantitative estimate of drug-likeness (QED) is 0.727. The molecular weight excluding hydrogens is 368 g/mol. The zero-order valence-corrected chi connectivity index (χ0v) is 15.8. The number of amides is 1. The van der Waals surface area contributed by atoms with E-state index in [-0.39, 0.29) is 29.1 Å². The largest absolute Gasteiger partial charge is 0.497 e. The molecule has 1 amide bonds. The van der Waals surface area contributed by atoms with Gasteiger partial charge in [0.2, 0.25) is 0 Å². The number of anilines is 1. The van der Waals surface area contributed by atoms with E-state index in [0.717, 1.165) is 11.3 Å². The number of carbonyl (C=O) groups is 1. The second-order valence-corrected chi connectivity index (χ2v) is 8.63. The fourth-order valence-electron chi connectivity index (χ4n) is 2.89. The van der Waals surface area contributed by atoms with Gasteiger partial charge >= 0.3 is 0 Å². The molecule has 0 spiro atoms. The number of hydrogen-bond donors (Lipinski definition) is 2. The lowest BCUT2D eigenvalue weighted by Gasteiger charge is -2.11. The fraction of sp³-hybridized carbons (Fsp3) is 0.389. The number of nitrogens with one attached hydrogen (secondary N) is 2. The first kappa shape index (κ1) is 19.1. The van der Waals surface area contributed by atoms with Gasteiger partial charge in [-0.05, 0) is 42.7 Å². The van der Waals surface area contributed by atoms with Gasteiger partial charge in [0, 0.05) is 12.6 Å². The van der Waals surface area contributed by atoms with Crippen molar-refractivity contribution in [3.8, 4) is 5.75 Å². The second kappa shape index (κ2) is 8.34. The Balaban J connectivity index is 1.48. The number of ether oxygens (including phenoxy) is 1. The van der Waals surface area contributed by atoms with E-state index in [1.54, 1.807) is 19.2 Å². The molecular formula is C18H22N4O4S. The predicted molar refractivity (Wildman–Crippen MR) is 102 cm³/mol. The molecule has 0 bridgehead atoms. The maximum Gasteiger partial charge on any atom is 0.271 e. The highest BCUT2D eigenvalue weighted by Crippen LogP contribution is 2.16. The van der Waals surface area contributed by atoms with Gasteiger partial charge in [0.25, 0.3) is 5.91 Å². The van der Waals surface area contributed by atoms with Crippen molar-refractivity contribution in [3.63, 3.8) is 0 Å². The molecule has 2 aromatic rings. The Kier molecular flexibility index (Phi) is 5.90. The first-order chi connectivity index (χ1) is 12.9. The van der Waals surface area contributed by atoms with Gasteiger partial charge in [-0.3, -0.25) is 4.79 Å². The van der Waals surface area contributed by atoms with Gasteiger partial charge in [-0.15, -0.1) is 10.2 Å². The highest BCUT2D eigenvalue weighted by Gasteiger charge is 2.28. The summed E-state index contributed by atoms with van der Waals surface area (Å²) in [5.41, 5.74) is 1.28. The molecule has 27 heavy (non-hydrogen) atoms. The Hall–Kier alpha value is -2.68. The summed E-state index contributed by atoms with van der Waals surface area (Å²) in [6, 6.07) is 10.7. The van der Waals surface area contributed by atoms with Crippen molar-refractivity contribution in [2.24, 2.45) is 0 Å². The van der Waals surface area contributed by atoms with E-state index >= 15 is 0 Å². The number of rotatable bonds is 7. The van der Waals surface area contributed by atoms with Gasteiger partial charge < -0.3 is 15.4 Å². The Morgan fingerprint density at radius 3 is 2.78 bits per heavy atom. The number of hydrogen-bond acceptors (Lipinski definition) is 7. The number of carbonyl (C=O) groups excluding carboxylic acids is 1. The first-order valence-electron chi connectivity index (χ1n) is 8.67. The predicted octanol–water partition coefficient (Wildman–Crippen LogP) is 1.06. The van der Waals surface area contributed by atoms with Gasteiger partial charge in [-0.2, -0.15) is 0 Å². The molecule has 0 saturated carbocycles. The Labute approximate surface area is 158 Å². The molecule has 1 aliphatic heterocycles. The number of aromatic nitrogens is 2. The van der Waals surface area contributed by atoms with Gasteiger partial charge in [0.05, 0.1) is 18.6 Å². The molecule has 9 heteroatoms. The minimum atomic E-state index is -2.96. The number of benzene rings is 1. The second-order valence-electron chi connectivity index (χ2n) is 6.41. The van der Waals surface area contributed by atoms with Crippen molar-refractivity contribution in [2.45, 2.75) is 18.9 Å². The highest BCUT2D eigenvalue weighted by atomic mass is 32.2. The van der Waals surface area contributed by atoms with Crippen LogP contribution in [0.1, 0.15) is 22.5 Å². The molecule has 1 aliphatic rings. The van der Waals surface area contributed by atoms with E-state index in [9.17, 15) is 13.2 Å². The minimum Gasteiger partial charge on any atom is -0.497 e. The third-order valence-electron chi connectivity index (χ3n) is 4.32. The Morgan fingerprint density at radius 2 is 2.11 bits per heavy atom. The topological polar surface area (TPSA) is 110 Å². The Bertz CT molecular complexity index is 900. The first-order valence-corrected chi connectivity index (χ1v) is 10.5. The molecule has 1 atom stereocenters. The van der Waals surface area contributed by atoms with Crippen molar-refractivity contribution >= 4 is 21.6 Å². The molecule has 1 fully saturated rings. The molecule has 1 aromatic carbocycles. The normalized spacial score (nSPS) is 18.0. The molecule has 0 radical (unpaired) electrons. The van der Waals surface area contributed by atoms with Crippen molar-refractivity contribution in [2.75, 3.05) is 30.5 Å². The SMILES string of the molecule is COc1cccc(CCNC(=O)c2ccc(NC3CCS(=O)(=O)C3)nn2)c1. The summed E-state index contributed by atoms with van der Waals surface area (Å²) < 4.78 is 28.1. The van der Waals surface area contributed by atoms with Crippen LogP contribution in [0, 0.1) is 0 Å². The van der Waals surface area contributed by atoms with Crippen LogP contribution < -0.4 is 15.4 Å². The lowest BCUT2D eigenvalue weighted by atomic mass is 10.1. The molecule has 2 heterocycles. The summed E-state index contributed by atoms with van der Waals surface area (Å²) in [4.78, 5) is 12.2. The van der Waals surface area contributed by atoms with Crippen LogP contribution in [-0.2, 0) is 16.3 Å². The number of methoxy groups -OCH3 is 1. The van der Waals surface area contributed by atoms with E-state index in [2.05, 4.69) is 20.8 Å². The standard InChI is InChI=1S/C18H22N4O4S/c1-26-15-4-2-3-13(11-15)7-9-19-18(23)16-5-6-17(22-21-16)20-14-8-10-27(24,25)12-14/h2-6,11,14H,7-10,12H2,1H3,(H,19,23)(H,20,22). The van der Waals surface area contributed by atoms with Gasteiger partial charge in [-0.25, -0.2) is 8.42 Å². The zero-order valence-electron chi connectivity index (χ0n) is 15.0. The van der Waals surface area contributed by atoms with Gasteiger partial charge in [0.15, 0.2) is 15.5 Å². The van der Waals surface area contributed by atoms with Gasteiger partial charge in [-0.1, -0.05) is 12.1 Å². The lowest BCUT2D eigenvalue weighted by molar-refractivity contribution is 0.0948. The highest BCUT2D eigenvalue weighted by molar-refractivity contribution is 7.91. The molecule has 2 N–H and O–H groups in total. The molecule has 8 nitrogen and oxygen atoms in total. The lowest BCUT2D eigenvalue weighted by Crippen LogP contribution is -2.27. The van der Waals surface area contributed by atoms with Crippen LogP contribution in [0.15, 0.2) is 36.4 Å². The van der Waals surface area contributed by atoms with Crippen molar-refractivity contribution in [1.82, 2.24) is 15.5 Å². The van der Waals surface area contributed by atoms with E-state index in [4.69, 9.17) is 4.74 Å². The van der Waals surface area contributed by atoms with E-state index in [1.807, 2.05) is 24.3 Å². The van der Waals surface area contributed by atoms with Crippen LogP contribution in [0.4, 0.5) is 5.82 Å². The molecule has 1 aromatic heterocycles. The third-order valence-corrected chi connectivity index (χ3v) is 6.08. The fourth-order valence-corrected chi connectivity index (χ4v) is 4.56. The van der Waals surface area contributed by atoms with Crippen LogP contribution in [0.25, 0.3) is 0 Å². The molecule has 144 valence electrons. The molecule has 3 rings (SSSR count). The van der Waals surface area contributed by atoms with Crippen molar-refractivity contribution < 1.29 is 17.9 Å². The monoisotopic (exact) mass is 390 g/mol. The maximum absolute atomic E-state index is 12.2. The van der Waals surface area contributed by atoms with Crippen LogP contribution in [0.2, 0.25) is 0 Å². The summed E-state index contributed by atoms with van der Waals surface area (Å²) >= 11 is 0. The molecule has 1 saturated heterocycles. The zero-order chi connectivity index (χ0) is 19.3. The van der Waals surface area contributed by atoms with E-state index < -0.39 is 9.84 Å². The van der Waals surface area contributed by atoms with E-state index in [1.165, 1.54) is 0 Å². The van der Waals surface area contributed by atoms with E-state index in [0.29, 0.717) is 25.2 Å². The van der Waals surface area contributed by atoms with Crippen molar-refractivity contribution in [3.05, 3.63) is 47.7 Å². The number of sulfone groups is 1. The molecule has 1 unspecified atom stereocenters. The number of nitrogens with zero attached hydrogens (tertiary/aromatic N) is 2. The Morgan fingerprint density at radius 1 is 1.26 bits per heavy atom. The summed E-state index contributed by atoms with van der Waals surface area (Å²) in [5.74, 6) is 1.22. The smallest absolute Gasteiger partial charge is 0.271 e. The summed E-state index contributed by atoms with van der Waals surface area (Å²) in [5, 5.41) is 13.7. The maximum atomic E-state index is 12.2. The summed E-state index contributed by atoms with van der Waals surface area (Å²) in [6.07, 6.45) is 1.22.